The first-order valence-electron chi connectivity index (χ1n) is 5.20. The summed E-state index contributed by atoms with van der Waals surface area (Å²) >= 11 is 1.54. The maximum Gasteiger partial charge on any atom is 0.203 e. The van der Waals surface area contributed by atoms with Gasteiger partial charge in [-0.2, -0.15) is 0 Å². The van der Waals surface area contributed by atoms with E-state index in [4.69, 9.17) is 5.73 Å². The van der Waals surface area contributed by atoms with Gasteiger partial charge in [-0.05, 0) is 18.8 Å². The van der Waals surface area contributed by atoms with Crippen molar-refractivity contribution in [2.75, 3.05) is 5.73 Å². The summed E-state index contributed by atoms with van der Waals surface area (Å²) in [6.07, 6.45) is 5.38. The van der Waals surface area contributed by atoms with Crippen LogP contribution in [0.5, 0.6) is 0 Å². The molecule has 1 aliphatic carbocycles. The normalized spacial score (nSPS) is 19.0. The van der Waals surface area contributed by atoms with Gasteiger partial charge in [-0.25, -0.2) is 0 Å². The van der Waals surface area contributed by atoms with Gasteiger partial charge in [0.05, 0.1) is 0 Å². The lowest BCUT2D eigenvalue weighted by Crippen LogP contribution is -2.26. The van der Waals surface area contributed by atoms with Gasteiger partial charge in [0.2, 0.25) is 5.13 Å². The van der Waals surface area contributed by atoms with E-state index in [0.717, 1.165) is 10.9 Å². The molecule has 0 unspecified atom stereocenters. The Balaban J connectivity index is 2.22. The van der Waals surface area contributed by atoms with Crippen LogP contribution in [0.4, 0.5) is 5.13 Å². The second kappa shape index (κ2) is 3.50. The van der Waals surface area contributed by atoms with Crippen molar-refractivity contribution in [2.45, 2.75) is 44.9 Å². The van der Waals surface area contributed by atoms with Gasteiger partial charge >= 0.3 is 0 Å². The van der Waals surface area contributed by atoms with Crippen molar-refractivity contribution in [3.8, 4) is 0 Å². The first kappa shape index (κ1) is 9.90. The van der Waals surface area contributed by atoms with Crippen LogP contribution >= 0.6 is 11.3 Å². The van der Waals surface area contributed by atoms with Gasteiger partial charge in [0.15, 0.2) is 0 Å². The van der Waals surface area contributed by atoms with Crippen molar-refractivity contribution in [2.24, 2.45) is 5.92 Å². The Hall–Kier alpha value is -0.640. The smallest absolute Gasteiger partial charge is 0.203 e. The number of nitrogens with two attached hydrogens (primary N) is 1. The van der Waals surface area contributed by atoms with E-state index in [1.165, 1.54) is 37.0 Å². The van der Waals surface area contributed by atoms with Crippen LogP contribution in [0, 0.1) is 5.92 Å². The van der Waals surface area contributed by atoms with E-state index < -0.39 is 0 Å². The van der Waals surface area contributed by atoms with E-state index in [2.05, 4.69) is 24.0 Å². The second-order valence-electron chi connectivity index (χ2n) is 4.65. The Morgan fingerprint density at radius 2 is 1.93 bits per heavy atom. The first-order valence-corrected chi connectivity index (χ1v) is 6.02. The summed E-state index contributed by atoms with van der Waals surface area (Å²) in [6, 6.07) is 0. The highest BCUT2D eigenvalue weighted by atomic mass is 32.1. The lowest BCUT2D eigenvalue weighted by Gasteiger charge is -2.28. The quantitative estimate of drug-likeness (QED) is 0.818. The molecule has 1 aliphatic rings. The van der Waals surface area contributed by atoms with Crippen LogP contribution in [0.3, 0.4) is 0 Å². The molecule has 0 amide bonds. The average molecular weight is 211 g/mol. The zero-order valence-electron chi connectivity index (χ0n) is 8.79. The molecule has 78 valence electrons. The molecule has 1 aromatic rings. The fraction of sp³-hybridized carbons (Fsp3) is 0.800. The third-order valence-corrected chi connectivity index (χ3v) is 4.46. The molecule has 1 fully saturated rings. The number of aromatic nitrogens is 2. The summed E-state index contributed by atoms with van der Waals surface area (Å²) < 4.78 is 0. The number of nitrogen functional groups attached to an aromatic ring is 1. The maximum atomic E-state index is 5.62. The highest BCUT2D eigenvalue weighted by Crippen LogP contribution is 2.42. The van der Waals surface area contributed by atoms with E-state index in [9.17, 15) is 0 Å². The lowest BCUT2D eigenvalue weighted by atomic mass is 9.78. The SMILES string of the molecule is CC(C)(c1nnc(N)s1)C1CCCC1. The van der Waals surface area contributed by atoms with Crippen LogP contribution in [0.1, 0.15) is 44.5 Å². The van der Waals surface area contributed by atoms with E-state index >= 15 is 0 Å². The van der Waals surface area contributed by atoms with E-state index in [0.29, 0.717) is 5.13 Å². The van der Waals surface area contributed by atoms with Crippen LogP contribution in [-0.4, -0.2) is 10.2 Å². The topological polar surface area (TPSA) is 51.8 Å². The molecule has 0 aliphatic heterocycles. The van der Waals surface area contributed by atoms with E-state index in [1.807, 2.05) is 0 Å². The number of nitrogens with zero attached hydrogens (tertiary/aromatic N) is 2. The van der Waals surface area contributed by atoms with Crippen LogP contribution in [-0.2, 0) is 5.41 Å². The van der Waals surface area contributed by atoms with Gasteiger partial charge in [-0.15, -0.1) is 10.2 Å². The monoisotopic (exact) mass is 211 g/mol. The Kier molecular flexibility index (Phi) is 2.47. The predicted molar refractivity (Wildman–Crippen MR) is 59.3 cm³/mol. The molecule has 3 nitrogen and oxygen atoms in total. The van der Waals surface area contributed by atoms with E-state index in [-0.39, 0.29) is 5.41 Å². The van der Waals surface area contributed by atoms with Crippen molar-refractivity contribution in [3.63, 3.8) is 0 Å². The average Bonchev–Trinajstić information content (AvgIpc) is 2.72. The standard InChI is InChI=1S/C10H17N3S/c1-10(2,7-5-3-4-6-7)8-12-13-9(11)14-8/h7H,3-6H2,1-2H3,(H2,11,13). The summed E-state index contributed by atoms with van der Waals surface area (Å²) in [5.74, 6) is 0.759. The molecule has 0 atom stereocenters. The Bertz CT molecular complexity index is 313. The van der Waals surface area contributed by atoms with Gasteiger partial charge in [-0.1, -0.05) is 38.0 Å². The highest BCUT2D eigenvalue weighted by Gasteiger charge is 2.36. The molecule has 14 heavy (non-hydrogen) atoms. The summed E-state index contributed by atoms with van der Waals surface area (Å²) in [7, 11) is 0. The van der Waals surface area contributed by atoms with Gasteiger partial charge in [-0.3, -0.25) is 0 Å². The molecule has 0 radical (unpaired) electrons. The second-order valence-corrected chi connectivity index (χ2v) is 5.66. The number of rotatable bonds is 2. The minimum atomic E-state index is 0.159. The van der Waals surface area contributed by atoms with Crippen molar-refractivity contribution in [1.29, 1.82) is 0 Å². The Morgan fingerprint density at radius 3 is 2.43 bits per heavy atom. The van der Waals surface area contributed by atoms with Crippen molar-refractivity contribution >= 4 is 16.5 Å². The summed E-state index contributed by atoms with van der Waals surface area (Å²) in [4.78, 5) is 0. The third kappa shape index (κ3) is 1.63. The Morgan fingerprint density at radius 1 is 1.29 bits per heavy atom. The minimum absolute atomic E-state index is 0.159. The van der Waals surface area contributed by atoms with Crippen LogP contribution in [0.15, 0.2) is 0 Å². The number of hydrogen-bond donors (Lipinski definition) is 1. The zero-order chi connectivity index (χ0) is 10.2. The van der Waals surface area contributed by atoms with Crippen molar-refractivity contribution < 1.29 is 0 Å². The highest BCUT2D eigenvalue weighted by molar-refractivity contribution is 7.15. The number of anilines is 1. The lowest BCUT2D eigenvalue weighted by molar-refractivity contribution is 0.322. The Labute approximate surface area is 88.7 Å². The van der Waals surface area contributed by atoms with Gasteiger partial charge in [0, 0.05) is 5.41 Å². The van der Waals surface area contributed by atoms with Gasteiger partial charge < -0.3 is 5.73 Å². The molecule has 0 aromatic carbocycles. The largest absolute Gasteiger partial charge is 0.374 e. The zero-order valence-corrected chi connectivity index (χ0v) is 9.60. The molecule has 0 saturated heterocycles. The van der Waals surface area contributed by atoms with Crippen molar-refractivity contribution in [1.82, 2.24) is 10.2 Å². The fourth-order valence-corrected chi connectivity index (χ4v) is 3.11. The molecule has 1 saturated carbocycles. The van der Waals surface area contributed by atoms with Crippen molar-refractivity contribution in [3.05, 3.63) is 5.01 Å². The fourth-order valence-electron chi connectivity index (χ4n) is 2.32. The molecular formula is C10H17N3S. The summed E-state index contributed by atoms with van der Waals surface area (Å²) in [6.45, 7) is 4.53. The molecule has 2 N–H and O–H groups in total. The minimum Gasteiger partial charge on any atom is -0.374 e. The van der Waals surface area contributed by atoms with Crippen LogP contribution in [0.25, 0.3) is 0 Å². The van der Waals surface area contributed by atoms with Crippen LogP contribution < -0.4 is 5.73 Å². The molecule has 1 heterocycles. The molecule has 2 rings (SSSR count). The number of hydrogen-bond acceptors (Lipinski definition) is 4. The predicted octanol–water partition coefficient (Wildman–Crippen LogP) is 2.59. The molecular weight excluding hydrogens is 194 g/mol. The van der Waals surface area contributed by atoms with Crippen LogP contribution in [0.2, 0.25) is 0 Å². The molecule has 0 spiro atoms. The summed E-state index contributed by atoms with van der Waals surface area (Å²) in [5.41, 5.74) is 5.78. The van der Waals surface area contributed by atoms with E-state index in [1.54, 1.807) is 0 Å². The molecule has 4 heteroatoms. The first-order chi connectivity index (χ1) is 6.60. The molecule has 0 bridgehead atoms. The maximum absolute atomic E-state index is 5.62. The van der Waals surface area contributed by atoms with Gasteiger partial charge in [0.1, 0.15) is 5.01 Å². The van der Waals surface area contributed by atoms with Gasteiger partial charge in [0.25, 0.3) is 0 Å². The third-order valence-electron chi connectivity index (χ3n) is 3.37. The summed E-state index contributed by atoms with van der Waals surface area (Å²) in [5, 5.41) is 9.76. The molecule has 1 aromatic heterocycles.